The Labute approximate surface area is 215 Å². The predicted octanol–water partition coefficient (Wildman–Crippen LogP) is 6.45. The van der Waals surface area contributed by atoms with Gasteiger partial charge in [0.1, 0.15) is 19.8 Å². The first-order valence-electron chi connectivity index (χ1n) is 13.7. The molecule has 0 saturated heterocycles. The maximum Gasteiger partial charge on any atom is 0.268 e. The second-order valence-corrected chi connectivity index (χ2v) is 11.8. The summed E-state index contributed by atoms with van der Waals surface area (Å²) < 4.78 is 27.2. The van der Waals surface area contributed by atoms with Gasteiger partial charge in [0, 0.05) is 0 Å². The number of allylic oxidation sites excluding steroid dienone is 1. The Morgan fingerprint density at radius 1 is 0.829 bits per heavy atom. The van der Waals surface area contributed by atoms with Gasteiger partial charge in [-0.2, -0.15) is 0 Å². The van der Waals surface area contributed by atoms with Crippen LogP contribution in [0.15, 0.2) is 12.3 Å². The van der Waals surface area contributed by atoms with E-state index < -0.39 is 13.9 Å². The fourth-order valence-corrected chi connectivity index (χ4v) is 4.23. The zero-order chi connectivity index (χ0) is 26.3. The minimum Gasteiger partial charge on any atom is -0.756 e. The third-order valence-corrected chi connectivity index (χ3v) is 6.74. The van der Waals surface area contributed by atoms with E-state index in [1.54, 1.807) is 6.26 Å². The summed E-state index contributed by atoms with van der Waals surface area (Å²) >= 11 is 0. The molecule has 0 aliphatic heterocycles. The molecule has 35 heavy (non-hydrogen) atoms. The maximum absolute atomic E-state index is 11.8. The molecular weight excluding hydrogens is 469 g/mol. The Bertz CT molecular complexity index is 540. The molecule has 0 rings (SSSR count). The molecule has 0 aromatic heterocycles. The van der Waals surface area contributed by atoms with Crippen molar-refractivity contribution in [2.75, 3.05) is 47.5 Å². The van der Waals surface area contributed by atoms with Gasteiger partial charge in [-0.3, -0.25) is 9.82 Å². The minimum atomic E-state index is -4.45. The van der Waals surface area contributed by atoms with Gasteiger partial charge in [0.05, 0.1) is 34.0 Å². The largest absolute Gasteiger partial charge is 0.756 e. The number of rotatable bonds is 26. The number of nitrogens with zero attached hydrogens (tertiary/aromatic N) is 1. The molecular formula is C26H54NO7P. The van der Waals surface area contributed by atoms with Gasteiger partial charge in [-0.25, -0.2) is 4.89 Å². The number of phosphoric acid groups is 1. The van der Waals surface area contributed by atoms with Gasteiger partial charge in [-0.15, -0.1) is 0 Å². The van der Waals surface area contributed by atoms with Crippen molar-refractivity contribution >= 4 is 7.82 Å². The lowest BCUT2D eigenvalue weighted by molar-refractivity contribution is -0.870. The van der Waals surface area contributed by atoms with Crippen molar-refractivity contribution in [3.8, 4) is 0 Å². The van der Waals surface area contributed by atoms with E-state index in [-0.39, 0.29) is 19.8 Å². The quantitative estimate of drug-likeness (QED) is 0.0347. The Morgan fingerprint density at radius 3 is 1.83 bits per heavy atom. The van der Waals surface area contributed by atoms with E-state index in [0.29, 0.717) is 11.0 Å². The molecule has 0 heterocycles. The van der Waals surface area contributed by atoms with E-state index >= 15 is 0 Å². The van der Waals surface area contributed by atoms with Crippen LogP contribution in [0.3, 0.4) is 0 Å². The Kier molecular flexibility index (Phi) is 22.4. The van der Waals surface area contributed by atoms with Gasteiger partial charge < -0.3 is 23.2 Å². The van der Waals surface area contributed by atoms with Crippen LogP contribution in [-0.2, 0) is 23.2 Å². The fourth-order valence-electron chi connectivity index (χ4n) is 3.50. The van der Waals surface area contributed by atoms with E-state index in [1.165, 1.54) is 83.5 Å². The molecule has 0 aliphatic carbocycles. The number of phosphoric ester groups is 1. The first-order chi connectivity index (χ1) is 16.7. The molecule has 2 atom stereocenters. The third-order valence-electron chi connectivity index (χ3n) is 5.78. The summed E-state index contributed by atoms with van der Waals surface area (Å²) in [6.07, 6.45) is 22.2. The van der Waals surface area contributed by atoms with Crippen LogP contribution < -0.4 is 4.89 Å². The lowest BCUT2D eigenvalue weighted by Gasteiger charge is -2.27. The highest BCUT2D eigenvalue weighted by atomic mass is 31.2. The number of hydrogen-bond acceptors (Lipinski definition) is 7. The molecule has 0 aliphatic rings. The highest BCUT2D eigenvalue weighted by molar-refractivity contribution is 7.45. The monoisotopic (exact) mass is 523 g/mol. The molecule has 0 aromatic carbocycles. The molecule has 0 bridgehead atoms. The van der Waals surface area contributed by atoms with Crippen LogP contribution in [0.5, 0.6) is 0 Å². The second-order valence-electron chi connectivity index (χ2n) is 10.4. The van der Waals surface area contributed by atoms with Crippen molar-refractivity contribution in [3.63, 3.8) is 0 Å². The van der Waals surface area contributed by atoms with Crippen molar-refractivity contribution in [3.05, 3.63) is 12.3 Å². The topological polar surface area (TPSA) is 97.3 Å². The average molecular weight is 524 g/mol. The molecule has 0 fully saturated rings. The first-order valence-corrected chi connectivity index (χ1v) is 15.1. The van der Waals surface area contributed by atoms with Crippen LogP contribution >= 0.6 is 7.82 Å². The van der Waals surface area contributed by atoms with Gasteiger partial charge in [0.15, 0.2) is 6.10 Å². The summed E-state index contributed by atoms with van der Waals surface area (Å²) in [5, 5.41) is 8.93. The number of unbranched alkanes of at least 4 members (excludes halogenated alkanes) is 14. The standard InChI is InChI=1S/C26H54NO7P/c1-5-6-7-8-9-10-11-12-13-14-15-16-17-18-19-20-22-31-24-26(34-28)25-33-35(29,30)32-23-21-27(2,3)4/h20,22,26H,5-19,21,23-25H2,1-4H3,(H-,28,29,30)/t26-/m1/s1. The number of hydrogen-bond donors (Lipinski definition) is 1. The van der Waals surface area contributed by atoms with Crippen molar-refractivity contribution in [2.24, 2.45) is 0 Å². The summed E-state index contributed by atoms with van der Waals surface area (Å²) in [6.45, 7) is 2.40. The summed E-state index contributed by atoms with van der Waals surface area (Å²) in [5.41, 5.74) is 0. The fraction of sp³-hybridized carbons (Fsp3) is 0.923. The van der Waals surface area contributed by atoms with E-state index in [9.17, 15) is 9.46 Å². The smallest absolute Gasteiger partial charge is 0.268 e. The van der Waals surface area contributed by atoms with Crippen LogP contribution in [0.1, 0.15) is 103 Å². The normalized spacial score (nSPS) is 14.9. The summed E-state index contributed by atoms with van der Waals surface area (Å²) in [7, 11) is 1.34. The van der Waals surface area contributed by atoms with Crippen molar-refractivity contribution in [2.45, 2.75) is 109 Å². The van der Waals surface area contributed by atoms with E-state index in [1.807, 2.05) is 27.2 Å². The highest BCUT2D eigenvalue weighted by Gasteiger charge is 2.17. The average Bonchev–Trinajstić information content (AvgIpc) is 2.79. The van der Waals surface area contributed by atoms with Gasteiger partial charge in [-0.05, 0) is 18.9 Å². The summed E-state index contributed by atoms with van der Waals surface area (Å²) in [5.74, 6) is 0. The van der Waals surface area contributed by atoms with Crippen LogP contribution in [0, 0.1) is 0 Å². The lowest BCUT2D eigenvalue weighted by Crippen LogP contribution is -2.37. The molecule has 0 spiro atoms. The van der Waals surface area contributed by atoms with Crippen LogP contribution in [-0.4, -0.2) is 63.4 Å². The summed E-state index contributed by atoms with van der Waals surface area (Å²) in [6, 6.07) is 0. The van der Waals surface area contributed by atoms with Crippen LogP contribution in [0.25, 0.3) is 0 Å². The van der Waals surface area contributed by atoms with Crippen molar-refractivity contribution in [1.82, 2.24) is 0 Å². The molecule has 9 heteroatoms. The van der Waals surface area contributed by atoms with E-state index in [2.05, 4.69) is 11.8 Å². The van der Waals surface area contributed by atoms with Crippen molar-refractivity contribution < 1.29 is 37.9 Å². The van der Waals surface area contributed by atoms with Gasteiger partial charge >= 0.3 is 0 Å². The molecule has 8 nitrogen and oxygen atoms in total. The Morgan fingerprint density at radius 2 is 1.34 bits per heavy atom. The SMILES string of the molecule is CCCCCCCCCCCCCCCCC=COC[C@H](COP(=O)([O-])OCC[N+](C)(C)C)OO. The number of quaternary nitrogens is 1. The number of ether oxygens (including phenoxy) is 1. The molecule has 0 saturated carbocycles. The molecule has 1 N–H and O–H groups in total. The van der Waals surface area contributed by atoms with E-state index in [4.69, 9.17) is 19.0 Å². The second kappa shape index (κ2) is 22.7. The molecule has 0 radical (unpaired) electrons. The zero-order valence-electron chi connectivity index (χ0n) is 23.0. The third kappa shape index (κ3) is 26.4. The van der Waals surface area contributed by atoms with Gasteiger partial charge in [0.25, 0.3) is 7.82 Å². The zero-order valence-corrected chi connectivity index (χ0v) is 23.9. The molecule has 0 amide bonds. The molecule has 210 valence electrons. The Hall–Kier alpha value is -0.470. The van der Waals surface area contributed by atoms with Gasteiger partial charge in [0.2, 0.25) is 0 Å². The van der Waals surface area contributed by atoms with Crippen molar-refractivity contribution in [1.29, 1.82) is 0 Å². The Balaban J connectivity index is 3.58. The number of likely N-dealkylation sites (N-methyl/N-ethyl adjacent to an activating group) is 1. The van der Waals surface area contributed by atoms with Crippen LogP contribution in [0.2, 0.25) is 0 Å². The predicted molar refractivity (Wildman–Crippen MR) is 140 cm³/mol. The summed E-state index contributed by atoms with van der Waals surface area (Å²) in [4.78, 5) is 16.0. The van der Waals surface area contributed by atoms with Gasteiger partial charge in [-0.1, -0.05) is 90.4 Å². The first kappa shape index (κ1) is 34.5. The minimum absolute atomic E-state index is 0.0212. The maximum atomic E-state index is 11.8. The highest BCUT2D eigenvalue weighted by Crippen LogP contribution is 2.38. The molecule has 1 unspecified atom stereocenters. The van der Waals surface area contributed by atoms with E-state index in [0.717, 1.165) is 12.8 Å². The van der Waals surface area contributed by atoms with Crippen LogP contribution in [0.4, 0.5) is 0 Å². The lowest BCUT2D eigenvalue weighted by atomic mass is 10.0. The molecule has 0 aromatic rings.